The lowest BCUT2D eigenvalue weighted by atomic mass is 9.92. The topological polar surface area (TPSA) is 64.0 Å². The lowest BCUT2D eigenvalue weighted by molar-refractivity contribution is 0.535. The van der Waals surface area contributed by atoms with Gasteiger partial charge >= 0.3 is 0 Å². The lowest BCUT2D eigenvalue weighted by Crippen LogP contribution is -2.26. The van der Waals surface area contributed by atoms with Crippen LogP contribution in [0.15, 0.2) is 35.4 Å². The van der Waals surface area contributed by atoms with Crippen LogP contribution >= 0.6 is 0 Å². The van der Waals surface area contributed by atoms with E-state index in [9.17, 15) is 12.8 Å². The van der Waals surface area contributed by atoms with E-state index in [2.05, 4.69) is 9.82 Å². The Balaban J connectivity index is 2.26. The van der Waals surface area contributed by atoms with Gasteiger partial charge in [-0.15, -0.1) is 0 Å². The highest BCUT2D eigenvalue weighted by Gasteiger charge is 2.29. The average molecular weight is 325 g/mol. The maximum Gasteiger partial charge on any atom is 0.244 e. The molecule has 0 amide bonds. The van der Waals surface area contributed by atoms with Crippen molar-refractivity contribution in [2.24, 2.45) is 7.05 Å². The van der Waals surface area contributed by atoms with E-state index in [1.165, 1.54) is 23.0 Å². The predicted molar refractivity (Wildman–Crippen MR) is 82.3 cm³/mol. The van der Waals surface area contributed by atoms with Gasteiger partial charge in [-0.05, 0) is 17.7 Å². The first-order chi connectivity index (χ1) is 10.1. The average Bonchev–Trinajstić information content (AvgIpc) is 2.81. The summed E-state index contributed by atoms with van der Waals surface area (Å²) in [6, 6.07) is 5.69. The first-order valence-corrected chi connectivity index (χ1v) is 8.36. The SMILES string of the molecule is Cn1cc(S(=O)(=O)NCc2ccc(F)cc2)c(C(C)(C)C)n1. The molecule has 0 aliphatic rings. The van der Waals surface area contributed by atoms with Crippen molar-refractivity contribution in [2.75, 3.05) is 0 Å². The molecule has 0 radical (unpaired) electrons. The minimum absolute atomic E-state index is 0.0983. The molecule has 120 valence electrons. The minimum Gasteiger partial charge on any atom is -0.274 e. The van der Waals surface area contributed by atoms with Crippen LogP contribution in [0.2, 0.25) is 0 Å². The van der Waals surface area contributed by atoms with E-state index in [1.807, 2.05) is 20.8 Å². The van der Waals surface area contributed by atoms with Crippen molar-refractivity contribution in [1.29, 1.82) is 0 Å². The molecule has 0 spiro atoms. The van der Waals surface area contributed by atoms with E-state index < -0.39 is 10.0 Å². The summed E-state index contributed by atoms with van der Waals surface area (Å²) in [5.74, 6) is -0.353. The number of rotatable bonds is 4. The summed E-state index contributed by atoms with van der Waals surface area (Å²) in [5, 5.41) is 4.26. The molecule has 1 N–H and O–H groups in total. The normalized spacial score (nSPS) is 12.6. The van der Waals surface area contributed by atoms with Gasteiger partial charge in [-0.25, -0.2) is 17.5 Å². The van der Waals surface area contributed by atoms with Crippen LogP contribution < -0.4 is 4.72 Å². The van der Waals surface area contributed by atoms with E-state index in [-0.39, 0.29) is 22.7 Å². The Morgan fingerprint density at radius 2 is 1.82 bits per heavy atom. The Labute approximate surface area is 130 Å². The van der Waals surface area contributed by atoms with Crippen LogP contribution in [0.1, 0.15) is 32.0 Å². The van der Waals surface area contributed by atoms with Crippen molar-refractivity contribution in [3.05, 3.63) is 47.5 Å². The van der Waals surface area contributed by atoms with Crippen molar-refractivity contribution in [3.63, 3.8) is 0 Å². The summed E-state index contributed by atoms with van der Waals surface area (Å²) in [5.41, 5.74) is 0.814. The summed E-state index contributed by atoms with van der Waals surface area (Å²) in [4.78, 5) is 0.171. The molecule has 0 saturated carbocycles. The zero-order valence-electron chi connectivity index (χ0n) is 13.1. The smallest absolute Gasteiger partial charge is 0.244 e. The Bertz CT molecular complexity index is 759. The number of sulfonamides is 1. The molecular weight excluding hydrogens is 305 g/mol. The third-order valence-electron chi connectivity index (χ3n) is 3.17. The van der Waals surface area contributed by atoms with Gasteiger partial charge in [-0.3, -0.25) is 4.68 Å². The molecule has 0 atom stereocenters. The third kappa shape index (κ3) is 3.72. The van der Waals surface area contributed by atoms with Gasteiger partial charge in [0.2, 0.25) is 10.0 Å². The van der Waals surface area contributed by atoms with Gasteiger partial charge in [-0.2, -0.15) is 5.10 Å². The van der Waals surface area contributed by atoms with Crippen LogP contribution in [0.4, 0.5) is 4.39 Å². The number of nitrogens with zero attached hydrogens (tertiary/aromatic N) is 2. The Morgan fingerprint density at radius 1 is 1.23 bits per heavy atom. The second-order valence-corrected chi connectivity index (χ2v) is 7.95. The molecule has 1 aromatic carbocycles. The standard InChI is InChI=1S/C15H20FN3O2S/c1-15(2,3)14-13(10-19(4)18-14)22(20,21)17-9-11-5-7-12(16)8-6-11/h5-8,10,17H,9H2,1-4H3. The zero-order valence-corrected chi connectivity index (χ0v) is 13.9. The molecule has 0 aliphatic carbocycles. The van der Waals surface area contributed by atoms with Gasteiger partial charge in [0, 0.05) is 25.2 Å². The fourth-order valence-electron chi connectivity index (χ4n) is 2.04. The quantitative estimate of drug-likeness (QED) is 0.938. The molecule has 5 nitrogen and oxygen atoms in total. The summed E-state index contributed by atoms with van der Waals surface area (Å²) in [6.45, 7) is 5.83. The molecule has 22 heavy (non-hydrogen) atoms. The number of aryl methyl sites for hydroxylation is 1. The van der Waals surface area contributed by atoms with Crippen LogP contribution in [-0.2, 0) is 29.0 Å². The Kier molecular flexibility index (Phi) is 4.39. The van der Waals surface area contributed by atoms with E-state index >= 15 is 0 Å². The highest BCUT2D eigenvalue weighted by Crippen LogP contribution is 2.27. The van der Waals surface area contributed by atoms with Crippen molar-refractivity contribution >= 4 is 10.0 Å². The monoisotopic (exact) mass is 325 g/mol. The Hall–Kier alpha value is -1.73. The lowest BCUT2D eigenvalue weighted by Gasteiger charge is -2.17. The molecule has 0 unspecified atom stereocenters. The van der Waals surface area contributed by atoms with E-state index in [0.29, 0.717) is 11.3 Å². The van der Waals surface area contributed by atoms with Crippen LogP contribution in [-0.4, -0.2) is 18.2 Å². The third-order valence-corrected chi connectivity index (χ3v) is 4.58. The van der Waals surface area contributed by atoms with Crippen molar-refractivity contribution < 1.29 is 12.8 Å². The molecule has 0 aliphatic heterocycles. The maximum atomic E-state index is 12.9. The van der Waals surface area contributed by atoms with Crippen molar-refractivity contribution in [2.45, 2.75) is 37.6 Å². The number of aromatic nitrogens is 2. The highest BCUT2D eigenvalue weighted by atomic mass is 32.2. The number of benzene rings is 1. The van der Waals surface area contributed by atoms with Gasteiger partial charge in [-0.1, -0.05) is 32.9 Å². The van der Waals surface area contributed by atoms with Gasteiger partial charge < -0.3 is 0 Å². The summed E-state index contributed by atoms with van der Waals surface area (Å²) < 4.78 is 41.9. The van der Waals surface area contributed by atoms with E-state index in [1.54, 1.807) is 19.2 Å². The van der Waals surface area contributed by atoms with Crippen LogP contribution in [0.5, 0.6) is 0 Å². The fraction of sp³-hybridized carbons (Fsp3) is 0.400. The Morgan fingerprint density at radius 3 is 2.36 bits per heavy atom. The molecule has 0 bridgehead atoms. The highest BCUT2D eigenvalue weighted by molar-refractivity contribution is 7.89. The molecule has 2 aromatic rings. The minimum atomic E-state index is -3.69. The summed E-state index contributed by atoms with van der Waals surface area (Å²) >= 11 is 0. The van der Waals surface area contributed by atoms with E-state index in [0.717, 1.165) is 0 Å². The number of nitrogens with one attached hydrogen (secondary N) is 1. The van der Waals surface area contributed by atoms with Crippen LogP contribution in [0.25, 0.3) is 0 Å². The molecule has 1 heterocycles. The van der Waals surface area contributed by atoms with Crippen molar-refractivity contribution in [3.8, 4) is 0 Å². The molecule has 0 saturated heterocycles. The van der Waals surface area contributed by atoms with Gasteiger partial charge in [0.15, 0.2) is 0 Å². The second-order valence-electron chi connectivity index (χ2n) is 6.22. The largest absolute Gasteiger partial charge is 0.274 e. The van der Waals surface area contributed by atoms with Crippen LogP contribution in [0.3, 0.4) is 0 Å². The van der Waals surface area contributed by atoms with E-state index in [4.69, 9.17) is 0 Å². The number of hydrogen-bond acceptors (Lipinski definition) is 3. The molecule has 2 rings (SSSR count). The maximum absolute atomic E-state index is 12.9. The molecule has 7 heteroatoms. The second kappa shape index (κ2) is 5.81. The molecule has 1 aromatic heterocycles. The van der Waals surface area contributed by atoms with Gasteiger partial charge in [0.25, 0.3) is 0 Å². The van der Waals surface area contributed by atoms with Crippen LogP contribution in [0, 0.1) is 5.82 Å². The van der Waals surface area contributed by atoms with Gasteiger partial charge in [0.05, 0.1) is 5.69 Å². The zero-order chi connectivity index (χ0) is 16.5. The summed E-state index contributed by atoms with van der Waals surface area (Å²) in [6.07, 6.45) is 1.49. The number of halogens is 1. The molecule has 0 fully saturated rings. The molecular formula is C15H20FN3O2S. The number of hydrogen-bond donors (Lipinski definition) is 1. The first-order valence-electron chi connectivity index (χ1n) is 6.88. The van der Waals surface area contributed by atoms with Crippen molar-refractivity contribution in [1.82, 2.24) is 14.5 Å². The summed E-state index contributed by atoms with van der Waals surface area (Å²) in [7, 11) is -2.00. The predicted octanol–water partition coefficient (Wildman–Crippen LogP) is 2.34. The van der Waals surface area contributed by atoms with Gasteiger partial charge in [0.1, 0.15) is 10.7 Å². The first kappa shape index (κ1) is 16.6. The fourth-order valence-corrected chi connectivity index (χ4v) is 3.45.